The van der Waals surface area contributed by atoms with Gasteiger partial charge < -0.3 is 10.8 Å². The van der Waals surface area contributed by atoms with Crippen LogP contribution in [0.5, 0.6) is 0 Å². The third-order valence-corrected chi connectivity index (χ3v) is 1.36. The molecule has 0 aliphatic rings. The van der Waals surface area contributed by atoms with Crippen LogP contribution in [0.4, 0.5) is 18.9 Å². The molecular formula is C7H5F3N2O2. The summed E-state index contributed by atoms with van der Waals surface area (Å²) >= 11 is 0. The lowest BCUT2D eigenvalue weighted by Gasteiger charge is -2.06. The Labute approximate surface area is 76.2 Å². The first-order chi connectivity index (χ1) is 6.30. The van der Waals surface area contributed by atoms with E-state index in [2.05, 4.69) is 4.98 Å². The summed E-state index contributed by atoms with van der Waals surface area (Å²) in [6.07, 6.45) is -4.69. The lowest BCUT2D eigenvalue weighted by Crippen LogP contribution is -2.12. The zero-order valence-corrected chi connectivity index (χ0v) is 6.67. The third kappa shape index (κ3) is 2.12. The smallest absolute Gasteiger partial charge is 0.433 e. The molecule has 0 amide bonds. The number of carboxylic acids is 1. The van der Waals surface area contributed by atoms with Crippen LogP contribution < -0.4 is 5.73 Å². The SMILES string of the molecule is Nc1cc(C(=O)O)nc(C(F)(F)F)c1. The Hall–Kier alpha value is -1.79. The standard InChI is InChI=1S/C7H5F3N2O2/c8-7(9,10)5-2-3(11)1-4(12-5)6(13)14/h1-2H,(H2,11,12)(H,13,14). The van der Waals surface area contributed by atoms with E-state index in [-0.39, 0.29) is 5.69 Å². The summed E-state index contributed by atoms with van der Waals surface area (Å²) in [6, 6.07) is 1.43. The number of nitrogen functional groups attached to an aromatic ring is 1. The number of nitrogens with two attached hydrogens (primary N) is 1. The Morgan fingerprint density at radius 2 is 2.00 bits per heavy atom. The van der Waals surface area contributed by atoms with E-state index in [4.69, 9.17) is 10.8 Å². The number of hydrogen-bond donors (Lipinski definition) is 2. The molecule has 1 aromatic rings. The Morgan fingerprint density at radius 3 is 2.43 bits per heavy atom. The van der Waals surface area contributed by atoms with Crippen LogP contribution in [-0.4, -0.2) is 16.1 Å². The number of nitrogens with zero attached hydrogens (tertiary/aromatic N) is 1. The number of halogens is 3. The monoisotopic (exact) mass is 206 g/mol. The number of hydrogen-bond acceptors (Lipinski definition) is 3. The van der Waals surface area contributed by atoms with Crippen LogP contribution in [0.1, 0.15) is 16.2 Å². The van der Waals surface area contributed by atoms with Crippen LogP contribution in [0.2, 0.25) is 0 Å². The second kappa shape index (κ2) is 3.17. The Kier molecular flexibility index (Phi) is 2.33. The molecule has 4 nitrogen and oxygen atoms in total. The van der Waals surface area contributed by atoms with Gasteiger partial charge in [0.1, 0.15) is 5.69 Å². The highest BCUT2D eigenvalue weighted by Crippen LogP contribution is 2.28. The highest BCUT2D eigenvalue weighted by atomic mass is 19.4. The van der Waals surface area contributed by atoms with Gasteiger partial charge in [0.25, 0.3) is 0 Å². The number of pyridine rings is 1. The van der Waals surface area contributed by atoms with E-state index in [0.29, 0.717) is 6.07 Å². The molecule has 0 unspecified atom stereocenters. The minimum absolute atomic E-state index is 0.287. The van der Waals surface area contributed by atoms with Crippen molar-refractivity contribution in [2.24, 2.45) is 0 Å². The quantitative estimate of drug-likeness (QED) is 0.727. The molecule has 0 aliphatic carbocycles. The number of carboxylic acid groups (broad SMARTS) is 1. The van der Waals surface area contributed by atoms with Gasteiger partial charge in [0.15, 0.2) is 5.69 Å². The number of anilines is 1. The molecule has 3 N–H and O–H groups in total. The summed E-state index contributed by atoms with van der Waals surface area (Å²) in [5.74, 6) is -1.55. The van der Waals surface area contributed by atoms with E-state index in [0.717, 1.165) is 6.07 Å². The summed E-state index contributed by atoms with van der Waals surface area (Å²) in [4.78, 5) is 13.2. The Bertz CT molecular complexity index is 376. The molecule has 0 spiro atoms. The lowest BCUT2D eigenvalue weighted by atomic mass is 10.2. The van der Waals surface area contributed by atoms with Crippen molar-refractivity contribution in [3.8, 4) is 0 Å². The van der Waals surface area contributed by atoms with E-state index < -0.39 is 23.5 Å². The molecule has 0 bridgehead atoms. The number of aromatic nitrogens is 1. The minimum Gasteiger partial charge on any atom is -0.477 e. The Morgan fingerprint density at radius 1 is 1.43 bits per heavy atom. The van der Waals surface area contributed by atoms with Crippen LogP contribution in [0.25, 0.3) is 0 Å². The van der Waals surface area contributed by atoms with Crippen LogP contribution in [0.15, 0.2) is 12.1 Å². The molecule has 1 aromatic heterocycles. The van der Waals surface area contributed by atoms with Gasteiger partial charge in [-0.05, 0) is 12.1 Å². The van der Waals surface area contributed by atoms with Crippen LogP contribution in [0, 0.1) is 0 Å². The van der Waals surface area contributed by atoms with Crippen molar-refractivity contribution in [1.29, 1.82) is 0 Å². The molecule has 0 aromatic carbocycles. The molecule has 0 radical (unpaired) electrons. The summed E-state index contributed by atoms with van der Waals surface area (Å²) in [5.41, 5.74) is 2.77. The van der Waals surface area contributed by atoms with Gasteiger partial charge in [-0.2, -0.15) is 13.2 Å². The van der Waals surface area contributed by atoms with Gasteiger partial charge >= 0.3 is 12.1 Å². The van der Waals surface area contributed by atoms with Crippen molar-refractivity contribution in [3.63, 3.8) is 0 Å². The fourth-order valence-corrected chi connectivity index (χ4v) is 0.807. The number of carbonyl (C=O) groups is 1. The van der Waals surface area contributed by atoms with Gasteiger partial charge in [-0.3, -0.25) is 0 Å². The molecular weight excluding hydrogens is 201 g/mol. The van der Waals surface area contributed by atoms with Gasteiger partial charge in [0.2, 0.25) is 0 Å². The molecule has 0 atom stereocenters. The van der Waals surface area contributed by atoms with Gasteiger partial charge in [0, 0.05) is 5.69 Å². The first-order valence-corrected chi connectivity index (χ1v) is 3.39. The predicted octanol–water partition coefficient (Wildman–Crippen LogP) is 1.38. The number of rotatable bonds is 1. The zero-order chi connectivity index (χ0) is 10.9. The van der Waals surface area contributed by atoms with Crippen molar-refractivity contribution in [2.45, 2.75) is 6.18 Å². The van der Waals surface area contributed by atoms with Gasteiger partial charge in [-0.15, -0.1) is 0 Å². The van der Waals surface area contributed by atoms with Crippen molar-refractivity contribution in [1.82, 2.24) is 4.98 Å². The molecule has 76 valence electrons. The molecule has 14 heavy (non-hydrogen) atoms. The second-order valence-electron chi connectivity index (χ2n) is 2.47. The normalized spacial score (nSPS) is 11.4. The van der Waals surface area contributed by atoms with Gasteiger partial charge in [0.05, 0.1) is 0 Å². The largest absolute Gasteiger partial charge is 0.477 e. The number of aromatic carboxylic acids is 1. The molecule has 7 heteroatoms. The van der Waals surface area contributed by atoms with E-state index in [1.165, 1.54) is 0 Å². The van der Waals surface area contributed by atoms with Crippen molar-refractivity contribution in [2.75, 3.05) is 5.73 Å². The molecule has 1 heterocycles. The average molecular weight is 206 g/mol. The van der Waals surface area contributed by atoms with Crippen molar-refractivity contribution < 1.29 is 23.1 Å². The van der Waals surface area contributed by atoms with Crippen molar-refractivity contribution >= 4 is 11.7 Å². The summed E-state index contributed by atoms with van der Waals surface area (Å²) in [7, 11) is 0. The first kappa shape index (κ1) is 10.3. The van der Waals surface area contributed by atoms with Gasteiger partial charge in [-0.1, -0.05) is 0 Å². The summed E-state index contributed by atoms with van der Waals surface area (Å²) in [6.45, 7) is 0. The predicted molar refractivity (Wildman–Crippen MR) is 40.6 cm³/mol. The van der Waals surface area contributed by atoms with E-state index in [1.807, 2.05) is 0 Å². The highest BCUT2D eigenvalue weighted by Gasteiger charge is 2.33. The highest BCUT2D eigenvalue weighted by molar-refractivity contribution is 5.86. The molecule has 0 saturated carbocycles. The third-order valence-electron chi connectivity index (χ3n) is 1.36. The zero-order valence-electron chi connectivity index (χ0n) is 6.67. The van der Waals surface area contributed by atoms with Crippen LogP contribution in [-0.2, 0) is 6.18 Å². The van der Waals surface area contributed by atoms with E-state index in [1.54, 1.807) is 0 Å². The molecule has 0 fully saturated rings. The van der Waals surface area contributed by atoms with Gasteiger partial charge in [-0.25, -0.2) is 9.78 Å². The molecule has 0 saturated heterocycles. The second-order valence-corrected chi connectivity index (χ2v) is 2.47. The van der Waals surface area contributed by atoms with E-state index in [9.17, 15) is 18.0 Å². The molecule has 1 rings (SSSR count). The van der Waals surface area contributed by atoms with Crippen LogP contribution in [0.3, 0.4) is 0 Å². The molecule has 0 aliphatic heterocycles. The minimum atomic E-state index is -4.69. The maximum absolute atomic E-state index is 12.1. The topological polar surface area (TPSA) is 76.2 Å². The Balaban J connectivity index is 3.28. The summed E-state index contributed by atoms with van der Waals surface area (Å²) in [5, 5.41) is 8.41. The summed E-state index contributed by atoms with van der Waals surface area (Å²) < 4.78 is 36.3. The fourth-order valence-electron chi connectivity index (χ4n) is 0.807. The lowest BCUT2D eigenvalue weighted by molar-refractivity contribution is -0.141. The van der Waals surface area contributed by atoms with E-state index >= 15 is 0 Å². The maximum Gasteiger partial charge on any atom is 0.433 e. The van der Waals surface area contributed by atoms with Crippen molar-refractivity contribution in [3.05, 3.63) is 23.5 Å². The first-order valence-electron chi connectivity index (χ1n) is 3.39. The number of alkyl halides is 3. The fraction of sp³-hybridized carbons (Fsp3) is 0.143. The average Bonchev–Trinajstić information content (AvgIpc) is 2.01. The maximum atomic E-state index is 12.1. The van der Waals surface area contributed by atoms with Crippen LogP contribution >= 0.6 is 0 Å².